The van der Waals surface area contributed by atoms with Crippen LogP contribution in [0.2, 0.25) is 0 Å². The zero-order valence-electron chi connectivity index (χ0n) is 16.4. The lowest BCUT2D eigenvalue weighted by Gasteiger charge is -2.30. The zero-order valence-corrected chi connectivity index (χ0v) is 17.2. The Balaban J connectivity index is 1.73. The number of amides is 1. The molecule has 3 rings (SSSR count). The molecule has 2 aromatic rings. The Morgan fingerprint density at radius 2 is 1.55 bits per heavy atom. The highest BCUT2D eigenvalue weighted by Gasteiger charge is 2.29. The van der Waals surface area contributed by atoms with E-state index in [-0.39, 0.29) is 16.5 Å². The van der Waals surface area contributed by atoms with Crippen molar-refractivity contribution in [2.45, 2.75) is 31.1 Å². The first kappa shape index (κ1) is 23.1. The number of anilines is 1. The molecule has 2 aromatic carbocycles. The monoisotopic (exact) mass is 462 g/mol. The summed E-state index contributed by atoms with van der Waals surface area (Å²) in [4.78, 5) is 12.1. The van der Waals surface area contributed by atoms with Gasteiger partial charge in [-0.2, -0.15) is 4.31 Å². The number of piperidine rings is 1. The van der Waals surface area contributed by atoms with Crippen molar-refractivity contribution in [3.63, 3.8) is 0 Å². The van der Waals surface area contributed by atoms with E-state index >= 15 is 0 Å². The van der Waals surface area contributed by atoms with Crippen molar-refractivity contribution in [3.8, 4) is 0 Å². The van der Waals surface area contributed by atoms with Gasteiger partial charge in [-0.1, -0.05) is 6.92 Å². The quantitative estimate of drug-likeness (QED) is 0.415. The summed E-state index contributed by atoms with van der Waals surface area (Å²) in [6, 6.07) is 5.08. The molecule has 11 heteroatoms. The molecular formula is C20H19F5N2O3S. The molecule has 1 aliphatic heterocycles. The molecule has 1 fully saturated rings. The van der Waals surface area contributed by atoms with Crippen molar-refractivity contribution in [1.29, 1.82) is 0 Å². The highest BCUT2D eigenvalue weighted by atomic mass is 32.2. The predicted octanol–water partition coefficient (Wildman–Crippen LogP) is 3.98. The van der Waals surface area contributed by atoms with Crippen LogP contribution in [0.3, 0.4) is 0 Å². The minimum atomic E-state index is -3.71. The largest absolute Gasteiger partial charge is 0.326 e. The maximum atomic E-state index is 13.7. The Morgan fingerprint density at radius 1 is 1.00 bits per heavy atom. The van der Waals surface area contributed by atoms with Crippen LogP contribution >= 0.6 is 0 Å². The molecular weight excluding hydrogens is 443 g/mol. The summed E-state index contributed by atoms with van der Waals surface area (Å²) in [6.07, 6.45) is 0.601. The lowest BCUT2D eigenvalue weighted by Crippen LogP contribution is -2.39. The topological polar surface area (TPSA) is 66.5 Å². The van der Waals surface area contributed by atoms with Crippen LogP contribution in [-0.4, -0.2) is 31.7 Å². The Kier molecular flexibility index (Phi) is 6.65. The minimum absolute atomic E-state index is 0.0133. The van der Waals surface area contributed by atoms with Gasteiger partial charge in [0.15, 0.2) is 23.3 Å². The number of rotatable bonds is 5. The third-order valence-corrected chi connectivity index (χ3v) is 6.91. The number of nitrogens with one attached hydrogen (secondary N) is 1. The van der Waals surface area contributed by atoms with E-state index in [1.807, 2.05) is 6.92 Å². The second kappa shape index (κ2) is 8.91. The summed E-state index contributed by atoms with van der Waals surface area (Å²) in [7, 11) is -3.71. The fourth-order valence-corrected chi connectivity index (χ4v) is 4.99. The van der Waals surface area contributed by atoms with E-state index < -0.39 is 57.0 Å². The average Bonchev–Trinajstić information content (AvgIpc) is 2.74. The minimum Gasteiger partial charge on any atom is -0.326 e. The van der Waals surface area contributed by atoms with Crippen molar-refractivity contribution < 1.29 is 35.2 Å². The van der Waals surface area contributed by atoms with Crippen molar-refractivity contribution >= 4 is 21.6 Å². The molecule has 1 N–H and O–H groups in total. The van der Waals surface area contributed by atoms with Crippen LogP contribution in [-0.2, 0) is 21.2 Å². The SMILES string of the molecule is CC1CCCN(S(=O)(=O)c2ccc(NC(=O)Cc3c(F)c(F)c(F)c(F)c3F)cc2)C1. The summed E-state index contributed by atoms with van der Waals surface area (Å²) in [5, 5.41) is 2.24. The first-order chi connectivity index (χ1) is 14.5. The van der Waals surface area contributed by atoms with Gasteiger partial charge in [0.25, 0.3) is 0 Å². The second-order valence-electron chi connectivity index (χ2n) is 7.41. The molecule has 0 radical (unpaired) electrons. The molecule has 5 nitrogen and oxygen atoms in total. The molecule has 1 amide bonds. The van der Waals surface area contributed by atoms with Gasteiger partial charge in [-0.25, -0.2) is 30.4 Å². The van der Waals surface area contributed by atoms with Crippen LogP contribution in [0, 0.1) is 35.0 Å². The summed E-state index contributed by atoms with van der Waals surface area (Å²) < 4.78 is 93.9. The van der Waals surface area contributed by atoms with Crippen LogP contribution in [0.25, 0.3) is 0 Å². The number of sulfonamides is 1. The summed E-state index contributed by atoms with van der Waals surface area (Å²) in [5.74, 6) is -11.5. The summed E-state index contributed by atoms with van der Waals surface area (Å²) >= 11 is 0. The summed E-state index contributed by atoms with van der Waals surface area (Å²) in [6.45, 7) is 2.78. The molecule has 1 atom stereocenters. The highest BCUT2D eigenvalue weighted by Crippen LogP contribution is 2.26. The number of nitrogens with zero attached hydrogens (tertiary/aromatic N) is 1. The van der Waals surface area contributed by atoms with Gasteiger partial charge >= 0.3 is 0 Å². The molecule has 0 saturated carbocycles. The van der Waals surface area contributed by atoms with Crippen molar-refractivity contribution in [2.24, 2.45) is 5.92 Å². The van der Waals surface area contributed by atoms with Crippen LogP contribution in [0.4, 0.5) is 27.6 Å². The average molecular weight is 462 g/mol. The van der Waals surface area contributed by atoms with Crippen LogP contribution in [0.1, 0.15) is 25.3 Å². The Hall–Kier alpha value is -2.53. The normalized spacial score (nSPS) is 17.5. The smallest absolute Gasteiger partial charge is 0.243 e. The molecule has 0 aromatic heterocycles. The molecule has 0 bridgehead atoms. The number of benzene rings is 2. The Bertz CT molecular complexity index is 1080. The van der Waals surface area contributed by atoms with E-state index in [4.69, 9.17) is 0 Å². The molecule has 1 heterocycles. The number of hydrogen-bond acceptors (Lipinski definition) is 3. The van der Waals surface area contributed by atoms with E-state index in [2.05, 4.69) is 5.32 Å². The molecule has 168 valence electrons. The van der Waals surface area contributed by atoms with E-state index in [0.717, 1.165) is 12.8 Å². The maximum Gasteiger partial charge on any atom is 0.243 e. The fourth-order valence-electron chi connectivity index (χ4n) is 3.40. The fraction of sp³-hybridized carbons (Fsp3) is 0.350. The Labute approximate surface area is 175 Å². The third-order valence-electron chi connectivity index (χ3n) is 5.03. The van der Waals surface area contributed by atoms with Gasteiger partial charge < -0.3 is 5.32 Å². The second-order valence-corrected chi connectivity index (χ2v) is 9.35. The first-order valence-corrected chi connectivity index (χ1v) is 10.9. The summed E-state index contributed by atoms with van der Waals surface area (Å²) in [5.41, 5.74) is -1.16. The Morgan fingerprint density at radius 3 is 2.10 bits per heavy atom. The first-order valence-electron chi connectivity index (χ1n) is 9.42. The molecule has 0 aliphatic carbocycles. The lowest BCUT2D eigenvalue weighted by atomic mass is 10.0. The standard InChI is InChI=1S/C20H19F5N2O3S/c1-11-3-2-8-27(10-11)31(29,30)13-6-4-12(5-7-13)26-15(28)9-14-16(21)18(23)20(25)19(24)17(14)22/h4-7,11H,2-3,8-10H2,1H3,(H,26,28). The number of carbonyl (C=O) groups is 1. The van der Waals surface area contributed by atoms with Gasteiger partial charge in [-0.15, -0.1) is 0 Å². The molecule has 31 heavy (non-hydrogen) atoms. The van der Waals surface area contributed by atoms with Gasteiger partial charge in [-0.3, -0.25) is 4.79 Å². The van der Waals surface area contributed by atoms with Gasteiger partial charge in [0.05, 0.1) is 11.3 Å². The van der Waals surface area contributed by atoms with Gasteiger partial charge in [0.2, 0.25) is 21.7 Å². The number of halogens is 5. The van der Waals surface area contributed by atoms with Crippen molar-refractivity contribution in [2.75, 3.05) is 18.4 Å². The van der Waals surface area contributed by atoms with Crippen LogP contribution in [0.5, 0.6) is 0 Å². The van der Waals surface area contributed by atoms with Gasteiger partial charge in [-0.05, 0) is 43.0 Å². The number of hydrogen-bond donors (Lipinski definition) is 1. The van der Waals surface area contributed by atoms with Crippen LogP contribution < -0.4 is 5.32 Å². The third kappa shape index (κ3) is 4.72. The van der Waals surface area contributed by atoms with Crippen molar-refractivity contribution in [3.05, 3.63) is 58.9 Å². The number of carbonyl (C=O) groups excluding carboxylic acids is 1. The van der Waals surface area contributed by atoms with E-state index in [1.165, 1.54) is 28.6 Å². The molecule has 1 unspecified atom stereocenters. The zero-order chi connectivity index (χ0) is 22.9. The predicted molar refractivity (Wildman–Crippen MR) is 102 cm³/mol. The highest BCUT2D eigenvalue weighted by molar-refractivity contribution is 7.89. The van der Waals surface area contributed by atoms with E-state index in [9.17, 15) is 35.2 Å². The van der Waals surface area contributed by atoms with Gasteiger partial charge in [0.1, 0.15) is 0 Å². The van der Waals surface area contributed by atoms with Crippen LogP contribution in [0.15, 0.2) is 29.2 Å². The molecule has 1 saturated heterocycles. The molecule has 0 spiro atoms. The lowest BCUT2D eigenvalue weighted by molar-refractivity contribution is -0.115. The maximum absolute atomic E-state index is 13.7. The van der Waals surface area contributed by atoms with Gasteiger partial charge in [0, 0.05) is 24.3 Å². The van der Waals surface area contributed by atoms with Crippen molar-refractivity contribution in [1.82, 2.24) is 4.31 Å². The molecule has 1 aliphatic rings. The van der Waals surface area contributed by atoms with E-state index in [1.54, 1.807) is 0 Å². The van der Waals surface area contributed by atoms with E-state index in [0.29, 0.717) is 13.1 Å².